The first-order valence-electron chi connectivity index (χ1n) is 4.76. The third-order valence-corrected chi connectivity index (χ3v) is 2.57. The molecule has 2 aromatic heterocycles. The molecule has 2 rings (SSSR count). The summed E-state index contributed by atoms with van der Waals surface area (Å²) in [5.41, 5.74) is 3.20. The van der Waals surface area contributed by atoms with E-state index in [4.69, 9.17) is 11.6 Å². The lowest BCUT2D eigenvalue weighted by molar-refractivity contribution is 0.618. The zero-order chi connectivity index (χ0) is 10.8. The molecule has 0 aliphatic rings. The first-order chi connectivity index (χ1) is 7.19. The average Bonchev–Trinajstić information content (AvgIpc) is 2.75. The number of aryl methyl sites for hydroxylation is 2. The van der Waals surface area contributed by atoms with Gasteiger partial charge in [0, 0.05) is 18.8 Å². The maximum absolute atomic E-state index is 5.71. The van der Waals surface area contributed by atoms with Crippen LogP contribution in [0.15, 0.2) is 18.5 Å². The molecule has 0 saturated carbocycles. The SMILES string of the molecule is Cc1cc(Cn2cc(CCl)cn2)n(C)n1. The van der Waals surface area contributed by atoms with Crippen molar-refractivity contribution in [1.29, 1.82) is 0 Å². The first kappa shape index (κ1) is 10.2. The van der Waals surface area contributed by atoms with Crippen LogP contribution >= 0.6 is 11.6 Å². The first-order valence-corrected chi connectivity index (χ1v) is 5.29. The van der Waals surface area contributed by atoms with E-state index in [2.05, 4.69) is 16.3 Å². The molecule has 0 bridgehead atoms. The molecule has 2 aromatic rings. The van der Waals surface area contributed by atoms with Crippen molar-refractivity contribution < 1.29 is 0 Å². The Morgan fingerprint density at radius 1 is 1.47 bits per heavy atom. The van der Waals surface area contributed by atoms with Crippen LogP contribution < -0.4 is 0 Å². The van der Waals surface area contributed by atoms with E-state index >= 15 is 0 Å². The molecule has 5 heteroatoms. The molecule has 2 heterocycles. The number of aromatic nitrogens is 4. The van der Waals surface area contributed by atoms with Gasteiger partial charge in [-0.3, -0.25) is 9.36 Å². The van der Waals surface area contributed by atoms with Gasteiger partial charge < -0.3 is 0 Å². The van der Waals surface area contributed by atoms with Crippen molar-refractivity contribution in [2.24, 2.45) is 7.05 Å². The summed E-state index contributed by atoms with van der Waals surface area (Å²) in [4.78, 5) is 0. The molecule has 0 fully saturated rings. The van der Waals surface area contributed by atoms with Crippen LogP contribution in [-0.4, -0.2) is 19.6 Å². The van der Waals surface area contributed by atoms with Gasteiger partial charge in [0.1, 0.15) is 0 Å². The molecular weight excluding hydrogens is 212 g/mol. The number of rotatable bonds is 3. The minimum absolute atomic E-state index is 0.504. The summed E-state index contributed by atoms with van der Waals surface area (Å²) in [5, 5.41) is 8.51. The molecule has 0 aliphatic heterocycles. The van der Waals surface area contributed by atoms with Gasteiger partial charge in [-0.1, -0.05) is 0 Å². The van der Waals surface area contributed by atoms with Gasteiger partial charge in [-0.05, 0) is 13.0 Å². The van der Waals surface area contributed by atoms with Crippen molar-refractivity contribution in [3.8, 4) is 0 Å². The van der Waals surface area contributed by atoms with E-state index in [1.807, 2.05) is 29.5 Å². The van der Waals surface area contributed by atoms with E-state index in [1.54, 1.807) is 6.20 Å². The highest BCUT2D eigenvalue weighted by Crippen LogP contribution is 2.06. The summed E-state index contributed by atoms with van der Waals surface area (Å²) in [5.74, 6) is 0.504. The minimum atomic E-state index is 0.504. The number of nitrogens with zero attached hydrogens (tertiary/aromatic N) is 4. The summed E-state index contributed by atoms with van der Waals surface area (Å²) >= 11 is 5.71. The fraction of sp³-hybridized carbons (Fsp3) is 0.400. The Hall–Kier alpha value is -1.29. The van der Waals surface area contributed by atoms with Crippen molar-refractivity contribution >= 4 is 11.6 Å². The van der Waals surface area contributed by atoms with E-state index in [9.17, 15) is 0 Å². The van der Waals surface area contributed by atoms with Gasteiger partial charge in [0.2, 0.25) is 0 Å². The summed E-state index contributed by atoms with van der Waals surface area (Å²) in [7, 11) is 1.94. The van der Waals surface area contributed by atoms with Crippen LogP contribution in [0.2, 0.25) is 0 Å². The number of hydrogen-bond acceptors (Lipinski definition) is 2. The highest BCUT2D eigenvalue weighted by molar-refractivity contribution is 6.17. The molecular formula is C10H13ClN4. The third kappa shape index (κ3) is 2.21. The van der Waals surface area contributed by atoms with Crippen LogP contribution in [-0.2, 0) is 19.5 Å². The van der Waals surface area contributed by atoms with Crippen molar-refractivity contribution in [1.82, 2.24) is 19.6 Å². The predicted molar refractivity (Wildman–Crippen MR) is 58.8 cm³/mol. The fourth-order valence-corrected chi connectivity index (χ4v) is 1.68. The molecule has 0 spiro atoms. The Bertz CT molecular complexity index is 458. The van der Waals surface area contributed by atoms with E-state index < -0.39 is 0 Å². The lowest BCUT2D eigenvalue weighted by Crippen LogP contribution is -2.05. The van der Waals surface area contributed by atoms with E-state index in [1.165, 1.54) is 0 Å². The molecule has 0 saturated heterocycles. The van der Waals surface area contributed by atoms with Crippen LogP contribution in [0.5, 0.6) is 0 Å². The molecule has 80 valence electrons. The lowest BCUT2D eigenvalue weighted by Gasteiger charge is -2.01. The normalized spacial score (nSPS) is 10.9. The second-order valence-corrected chi connectivity index (χ2v) is 3.85. The van der Waals surface area contributed by atoms with Gasteiger partial charge in [0.15, 0.2) is 0 Å². The largest absolute Gasteiger partial charge is 0.270 e. The zero-order valence-electron chi connectivity index (χ0n) is 8.81. The quantitative estimate of drug-likeness (QED) is 0.745. The highest BCUT2D eigenvalue weighted by Gasteiger charge is 2.04. The molecule has 0 aromatic carbocycles. The van der Waals surface area contributed by atoms with E-state index in [0.29, 0.717) is 5.88 Å². The van der Waals surface area contributed by atoms with E-state index in [-0.39, 0.29) is 0 Å². The average molecular weight is 225 g/mol. The van der Waals surface area contributed by atoms with Gasteiger partial charge in [-0.15, -0.1) is 11.6 Å². The molecule has 0 unspecified atom stereocenters. The van der Waals surface area contributed by atoms with Crippen LogP contribution in [0.4, 0.5) is 0 Å². The topological polar surface area (TPSA) is 35.6 Å². The number of alkyl halides is 1. The van der Waals surface area contributed by atoms with Crippen molar-refractivity contribution in [2.75, 3.05) is 0 Å². The molecule has 4 nitrogen and oxygen atoms in total. The predicted octanol–water partition coefficient (Wildman–Crippen LogP) is 1.71. The standard InChI is InChI=1S/C10H13ClN4/c1-8-3-10(14(2)13-8)7-15-6-9(4-11)5-12-15/h3,5-6H,4,7H2,1-2H3. The number of halogens is 1. The minimum Gasteiger partial charge on any atom is -0.270 e. The Balaban J connectivity index is 2.17. The molecule has 15 heavy (non-hydrogen) atoms. The third-order valence-electron chi connectivity index (χ3n) is 2.26. The summed E-state index contributed by atoms with van der Waals surface area (Å²) in [6, 6.07) is 2.06. The Morgan fingerprint density at radius 3 is 2.80 bits per heavy atom. The Kier molecular flexibility index (Phi) is 2.77. The van der Waals surface area contributed by atoms with Crippen LogP contribution in [0, 0.1) is 6.92 Å². The second kappa shape index (κ2) is 4.06. The molecule has 0 N–H and O–H groups in total. The Morgan fingerprint density at radius 2 is 2.27 bits per heavy atom. The maximum Gasteiger partial charge on any atom is 0.0828 e. The van der Waals surface area contributed by atoms with Gasteiger partial charge in [0.25, 0.3) is 0 Å². The second-order valence-electron chi connectivity index (χ2n) is 3.58. The number of hydrogen-bond donors (Lipinski definition) is 0. The van der Waals surface area contributed by atoms with Crippen molar-refractivity contribution in [3.05, 3.63) is 35.4 Å². The smallest absolute Gasteiger partial charge is 0.0828 e. The lowest BCUT2D eigenvalue weighted by atomic mass is 10.3. The monoisotopic (exact) mass is 224 g/mol. The molecule has 0 atom stereocenters. The maximum atomic E-state index is 5.71. The van der Waals surface area contributed by atoms with Crippen LogP contribution in [0.1, 0.15) is 17.0 Å². The summed E-state index contributed by atoms with van der Waals surface area (Å²) < 4.78 is 3.74. The van der Waals surface area contributed by atoms with Gasteiger partial charge in [0.05, 0.1) is 30.0 Å². The summed E-state index contributed by atoms with van der Waals surface area (Å²) in [6.07, 6.45) is 3.74. The Labute approximate surface area is 93.5 Å². The van der Waals surface area contributed by atoms with Gasteiger partial charge in [-0.25, -0.2) is 0 Å². The molecule has 0 amide bonds. The fourth-order valence-electron chi connectivity index (χ4n) is 1.54. The van der Waals surface area contributed by atoms with Gasteiger partial charge in [-0.2, -0.15) is 10.2 Å². The molecule has 0 radical (unpaired) electrons. The summed E-state index contributed by atoms with van der Waals surface area (Å²) in [6.45, 7) is 2.71. The highest BCUT2D eigenvalue weighted by atomic mass is 35.5. The zero-order valence-corrected chi connectivity index (χ0v) is 9.57. The molecule has 0 aliphatic carbocycles. The van der Waals surface area contributed by atoms with Crippen molar-refractivity contribution in [3.63, 3.8) is 0 Å². The van der Waals surface area contributed by atoms with Crippen molar-refractivity contribution in [2.45, 2.75) is 19.3 Å². The van der Waals surface area contributed by atoms with Gasteiger partial charge >= 0.3 is 0 Å². The van der Waals surface area contributed by atoms with Crippen LogP contribution in [0.3, 0.4) is 0 Å². The van der Waals surface area contributed by atoms with Crippen LogP contribution in [0.25, 0.3) is 0 Å². The van der Waals surface area contributed by atoms with E-state index in [0.717, 1.165) is 23.5 Å².